The van der Waals surface area contributed by atoms with Gasteiger partial charge in [-0.1, -0.05) is 36.6 Å². The molecule has 1 aromatic rings. The van der Waals surface area contributed by atoms with Crippen LogP contribution in [0.25, 0.3) is 0 Å². The van der Waals surface area contributed by atoms with Crippen LogP contribution in [0.4, 0.5) is 0 Å². The van der Waals surface area contributed by atoms with Crippen molar-refractivity contribution in [3.63, 3.8) is 0 Å². The minimum atomic E-state index is -0.359. The predicted octanol–water partition coefficient (Wildman–Crippen LogP) is 3.30. The van der Waals surface area contributed by atoms with Gasteiger partial charge in [0.15, 0.2) is 0 Å². The summed E-state index contributed by atoms with van der Waals surface area (Å²) in [5.41, 5.74) is 2.55. The molecule has 1 rings (SSSR count). The van der Waals surface area contributed by atoms with Gasteiger partial charge in [-0.15, -0.1) is 0 Å². The van der Waals surface area contributed by atoms with E-state index in [2.05, 4.69) is 0 Å². The Balaban J connectivity index is 2.10. The van der Waals surface area contributed by atoms with E-state index in [0.717, 1.165) is 31.2 Å². The molecule has 0 saturated heterocycles. The Labute approximate surface area is 124 Å². The number of ketones is 1. The number of carbonyl (C=O) groups excluding carboxylic acids is 2. The van der Waals surface area contributed by atoms with Crippen molar-refractivity contribution in [1.29, 1.82) is 0 Å². The summed E-state index contributed by atoms with van der Waals surface area (Å²) in [6.07, 6.45) is 4.67. The first-order valence-electron chi connectivity index (χ1n) is 6.81. The third-order valence-electron chi connectivity index (χ3n) is 3.02. The highest BCUT2D eigenvalue weighted by atomic mass is 35.5. The zero-order chi connectivity index (χ0) is 14.8. The Bertz CT molecular complexity index is 448. The quantitative estimate of drug-likeness (QED) is 0.417. The number of hydroxylamine groups is 1. The van der Waals surface area contributed by atoms with E-state index >= 15 is 0 Å². The smallest absolute Gasteiger partial charge is 0.243 e. The number of unbranched alkanes of at least 4 members (excludes halogenated alkanes) is 3. The Morgan fingerprint density at radius 3 is 2.45 bits per heavy atom. The van der Waals surface area contributed by atoms with Crippen LogP contribution in [-0.2, 0) is 16.0 Å². The second-order valence-electron chi connectivity index (χ2n) is 4.79. The lowest BCUT2D eigenvalue weighted by Gasteiger charge is -2.03. The maximum atomic E-state index is 11.8. The Morgan fingerprint density at radius 1 is 1.10 bits per heavy atom. The van der Waals surface area contributed by atoms with Gasteiger partial charge in [-0.25, -0.2) is 5.48 Å². The van der Waals surface area contributed by atoms with E-state index < -0.39 is 0 Å². The molecule has 4 nitrogen and oxygen atoms in total. The fourth-order valence-corrected chi connectivity index (χ4v) is 2.19. The van der Waals surface area contributed by atoms with E-state index in [0.29, 0.717) is 24.3 Å². The lowest BCUT2D eigenvalue weighted by molar-refractivity contribution is -0.129. The van der Waals surface area contributed by atoms with Crippen LogP contribution in [0.2, 0.25) is 5.02 Å². The minimum absolute atomic E-state index is 0.209. The number of carbonyl (C=O) groups is 2. The van der Waals surface area contributed by atoms with Gasteiger partial charge in [0.05, 0.1) is 0 Å². The summed E-state index contributed by atoms with van der Waals surface area (Å²) in [4.78, 5) is 22.5. The molecule has 1 amide bonds. The lowest BCUT2D eigenvalue weighted by Crippen LogP contribution is -2.17. The summed E-state index contributed by atoms with van der Waals surface area (Å²) in [7, 11) is 0. The van der Waals surface area contributed by atoms with Gasteiger partial charge < -0.3 is 0 Å². The number of Topliss-reactive ketones (excluding diaryl/α,β-unsaturated/α-hetero) is 1. The third kappa shape index (κ3) is 7.26. The van der Waals surface area contributed by atoms with Crippen LogP contribution >= 0.6 is 11.6 Å². The second kappa shape index (κ2) is 9.50. The van der Waals surface area contributed by atoms with E-state index in [1.165, 1.54) is 0 Å². The molecule has 0 aliphatic carbocycles. The van der Waals surface area contributed by atoms with E-state index in [9.17, 15) is 9.59 Å². The van der Waals surface area contributed by atoms with Crippen LogP contribution in [0.5, 0.6) is 0 Å². The standard InChI is InChI=1S/C15H20ClNO3/c16-13-7-5-6-12(10-13)11-14(18)8-3-1-2-4-9-15(19)17-20/h5-7,10,20H,1-4,8-9,11H2,(H,17,19). The average Bonchev–Trinajstić information content (AvgIpc) is 2.42. The molecule has 0 heterocycles. The first-order chi connectivity index (χ1) is 9.61. The zero-order valence-electron chi connectivity index (χ0n) is 11.4. The van der Waals surface area contributed by atoms with E-state index in [4.69, 9.17) is 16.8 Å². The number of hydrogen-bond donors (Lipinski definition) is 2. The van der Waals surface area contributed by atoms with Gasteiger partial charge in [-0.3, -0.25) is 14.8 Å². The maximum Gasteiger partial charge on any atom is 0.243 e. The monoisotopic (exact) mass is 297 g/mol. The van der Waals surface area contributed by atoms with Gasteiger partial charge in [-0.05, 0) is 30.5 Å². The average molecular weight is 298 g/mol. The highest BCUT2D eigenvalue weighted by Gasteiger charge is 2.04. The SMILES string of the molecule is O=C(CCCCCCC(=O)NO)Cc1cccc(Cl)c1. The van der Waals surface area contributed by atoms with Crippen LogP contribution in [-0.4, -0.2) is 16.9 Å². The fourth-order valence-electron chi connectivity index (χ4n) is 1.98. The normalized spacial score (nSPS) is 10.3. The van der Waals surface area contributed by atoms with Crippen molar-refractivity contribution in [2.75, 3.05) is 0 Å². The molecule has 0 spiro atoms. The molecular weight excluding hydrogens is 278 g/mol. The van der Waals surface area contributed by atoms with Crippen molar-refractivity contribution in [1.82, 2.24) is 5.48 Å². The van der Waals surface area contributed by atoms with Crippen molar-refractivity contribution in [3.05, 3.63) is 34.9 Å². The molecule has 0 aromatic heterocycles. The zero-order valence-corrected chi connectivity index (χ0v) is 12.2. The minimum Gasteiger partial charge on any atom is -0.299 e. The maximum absolute atomic E-state index is 11.8. The van der Waals surface area contributed by atoms with E-state index in [1.54, 1.807) is 11.5 Å². The molecule has 0 radical (unpaired) electrons. The molecular formula is C15H20ClNO3. The van der Waals surface area contributed by atoms with Crippen LogP contribution in [0.1, 0.15) is 44.1 Å². The first-order valence-corrected chi connectivity index (χ1v) is 7.18. The molecule has 0 saturated carbocycles. The van der Waals surface area contributed by atoms with Gasteiger partial charge in [-0.2, -0.15) is 0 Å². The summed E-state index contributed by atoms with van der Waals surface area (Å²) < 4.78 is 0. The Morgan fingerprint density at radius 2 is 1.80 bits per heavy atom. The number of hydrogen-bond acceptors (Lipinski definition) is 3. The van der Waals surface area contributed by atoms with Crippen molar-refractivity contribution < 1.29 is 14.8 Å². The summed E-state index contributed by atoms with van der Waals surface area (Å²) in [6, 6.07) is 7.35. The van der Waals surface area contributed by atoms with Crippen LogP contribution in [0.3, 0.4) is 0 Å². The molecule has 1 aromatic carbocycles. The summed E-state index contributed by atoms with van der Waals surface area (Å²) in [5, 5.41) is 8.97. The number of benzene rings is 1. The molecule has 0 bridgehead atoms. The number of halogens is 1. The van der Waals surface area contributed by atoms with Gasteiger partial charge >= 0.3 is 0 Å². The molecule has 2 N–H and O–H groups in total. The third-order valence-corrected chi connectivity index (χ3v) is 3.26. The Hall–Kier alpha value is -1.39. The molecule has 20 heavy (non-hydrogen) atoms. The van der Waals surface area contributed by atoms with Gasteiger partial charge in [0.1, 0.15) is 5.78 Å². The molecule has 0 aliphatic heterocycles. The fraction of sp³-hybridized carbons (Fsp3) is 0.467. The summed E-state index contributed by atoms with van der Waals surface area (Å²) in [6.45, 7) is 0. The molecule has 0 fully saturated rings. The largest absolute Gasteiger partial charge is 0.299 e. The van der Waals surface area contributed by atoms with E-state index in [1.807, 2.05) is 18.2 Å². The summed E-state index contributed by atoms with van der Waals surface area (Å²) in [5.74, 6) is -0.151. The van der Waals surface area contributed by atoms with Gasteiger partial charge in [0.25, 0.3) is 0 Å². The van der Waals surface area contributed by atoms with Crippen LogP contribution < -0.4 is 5.48 Å². The number of nitrogens with one attached hydrogen (secondary N) is 1. The van der Waals surface area contributed by atoms with Gasteiger partial charge in [0.2, 0.25) is 5.91 Å². The molecule has 0 unspecified atom stereocenters. The second-order valence-corrected chi connectivity index (χ2v) is 5.23. The topological polar surface area (TPSA) is 66.4 Å². The Kier molecular flexibility index (Phi) is 7.92. The van der Waals surface area contributed by atoms with Crippen LogP contribution in [0, 0.1) is 0 Å². The number of rotatable bonds is 9. The van der Waals surface area contributed by atoms with Crippen molar-refractivity contribution in [2.24, 2.45) is 0 Å². The molecule has 5 heteroatoms. The molecule has 110 valence electrons. The van der Waals surface area contributed by atoms with Crippen molar-refractivity contribution in [3.8, 4) is 0 Å². The highest BCUT2D eigenvalue weighted by molar-refractivity contribution is 6.30. The van der Waals surface area contributed by atoms with Crippen molar-refractivity contribution in [2.45, 2.75) is 44.9 Å². The lowest BCUT2D eigenvalue weighted by atomic mass is 10.0. The highest BCUT2D eigenvalue weighted by Crippen LogP contribution is 2.13. The van der Waals surface area contributed by atoms with Crippen molar-refractivity contribution >= 4 is 23.3 Å². The first kappa shape index (κ1) is 16.7. The van der Waals surface area contributed by atoms with Crippen LogP contribution in [0.15, 0.2) is 24.3 Å². The molecule has 0 aliphatic rings. The van der Waals surface area contributed by atoms with Gasteiger partial charge in [0, 0.05) is 24.3 Å². The summed E-state index contributed by atoms with van der Waals surface area (Å²) >= 11 is 5.87. The number of amides is 1. The molecule has 0 atom stereocenters. The predicted molar refractivity (Wildman–Crippen MR) is 77.8 cm³/mol. The van der Waals surface area contributed by atoms with E-state index in [-0.39, 0.29) is 11.7 Å².